The molecule has 1 aliphatic carbocycles. The molecule has 3 aliphatic rings. The number of likely N-dealkylation sites (tertiary alicyclic amines) is 1. The highest BCUT2D eigenvalue weighted by Crippen LogP contribution is 2.26. The summed E-state index contributed by atoms with van der Waals surface area (Å²) in [5.74, 6) is 2.05. The lowest BCUT2D eigenvalue weighted by atomic mass is 9.99. The second-order valence-electron chi connectivity index (χ2n) is 9.48. The molecular weight excluding hydrogens is 513 g/mol. The molecule has 0 aromatic heterocycles. The van der Waals surface area contributed by atoms with Crippen molar-refractivity contribution in [3.8, 4) is 0 Å². The van der Waals surface area contributed by atoms with Crippen LogP contribution in [-0.4, -0.2) is 67.5 Å². The maximum absolute atomic E-state index is 12.6. The van der Waals surface area contributed by atoms with Gasteiger partial charge < -0.3 is 20.4 Å². The van der Waals surface area contributed by atoms with Crippen molar-refractivity contribution in [2.75, 3.05) is 39.8 Å². The van der Waals surface area contributed by atoms with Crippen LogP contribution in [0.3, 0.4) is 0 Å². The molecule has 4 rings (SSSR count). The van der Waals surface area contributed by atoms with E-state index in [1.165, 1.54) is 56.3 Å². The fourth-order valence-electron chi connectivity index (χ4n) is 5.38. The summed E-state index contributed by atoms with van der Waals surface area (Å²) in [6.45, 7) is 5.95. The van der Waals surface area contributed by atoms with Crippen LogP contribution in [-0.2, 0) is 17.8 Å². The first-order valence-electron chi connectivity index (χ1n) is 12.3. The molecule has 0 bridgehead atoms. The van der Waals surface area contributed by atoms with Gasteiger partial charge in [-0.05, 0) is 49.1 Å². The summed E-state index contributed by atoms with van der Waals surface area (Å²) in [5.41, 5.74) is 2.68. The number of carbonyl (C=O) groups excluding carboxylic acids is 1. The fraction of sp³-hybridized carbons (Fsp3) is 0.680. The molecule has 1 saturated carbocycles. The molecule has 32 heavy (non-hydrogen) atoms. The van der Waals surface area contributed by atoms with E-state index < -0.39 is 0 Å². The van der Waals surface area contributed by atoms with Crippen LogP contribution in [0.15, 0.2) is 29.3 Å². The van der Waals surface area contributed by atoms with Gasteiger partial charge in [0, 0.05) is 58.8 Å². The van der Waals surface area contributed by atoms with Gasteiger partial charge in [0.25, 0.3) is 0 Å². The topological polar surface area (TPSA) is 60.0 Å². The van der Waals surface area contributed by atoms with Crippen molar-refractivity contribution in [1.82, 2.24) is 20.4 Å². The normalized spacial score (nSPS) is 21.8. The van der Waals surface area contributed by atoms with Crippen molar-refractivity contribution in [3.05, 3.63) is 35.4 Å². The van der Waals surface area contributed by atoms with Gasteiger partial charge in [0.15, 0.2) is 5.96 Å². The Bertz CT molecular complexity index is 764. The second kappa shape index (κ2) is 12.8. The zero-order valence-corrected chi connectivity index (χ0v) is 21.9. The summed E-state index contributed by atoms with van der Waals surface area (Å²) >= 11 is 0. The third-order valence-electron chi connectivity index (χ3n) is 7.17. The highest BCUT2D eigenvalue weighted by molar-refractivity contribution is 14.0. The quantitative estimate of drug-likeness (QED) is 0.235. The number of halogens is 1. The van der Waals surface area contributed by atoms with Gasteiger partial charge in [0.1, 0.15) is 0 Å². The molecular formula is C25H40IN5O. The first-order valence-corrected chi connectivity index (χ1v) is 12.3. The molecule has 178 valence electrons. The van der Waals surface area contributed by atoms with Gasteiger partial charge in [-0.2, -0.15) is 0 Å². The first kappa shape index (κ1) is 25.3. The van der Waals surface area contributed by atoms with Crippen LogP contribution in [0.5, 0.6) is 0 Å². The van der Waals surface area contributed by atoms with Crippen LogP contribution in [0, 0.1) is 5.92 Å². The predicted molar refractivity (Wildman–Crippen MR) is 142 cm³/mol. The average molecular weight is 554 g/mol. The van der Waals surface area contributed by atoms with Crippen molar-refractivity contribution >= 4 is 35.8 Å². The van der Waals surface area contributed by atoms with E-state index in [0.29, 0.717) is 12.5 Å². The Labute approximate surface area is 210 Å². The number of nitrogens with one attached hydrogen (secondary N) is 2. The molecule has 2 N–H and O–H groups in total. The maximum Gasteiger partial charge on any atom is 0.222 e. The van der Waals surface area contributed by atoms with Crippen LogP contribution < -0.4 is 10.6 Å². The van der Waals surface area contributed by atoms with Crippen LogP contribution >= 0.6 is 24.0 Å². The highest BCUT2D eigenvalue weighted by atomic mass is 127. The number of fused-ring (bicyclic) bond motifs is 1. The lowest BCUT2D eigenvalue weighted by molar-refractivity contribution is -0.132. The van der Waals surface area contributed by atoms with E-state index in [1.54, 1.807) is 0 Å². The number of hydrogen-bond acceptors (Lipinski definition) is 3. The predicted octanol–water partition coefficient (Wildman–Crippen LogP) is 3.40. The number of benzene rings is 1. The molecule has 1 unspecified atom stereocenters. The van der Waals surface area contributed by atoms with Crippen LogP contribution in [0.2, 0.25) is 0 Å². The Hall–Kier alpha value is -1.35. The Kier molecular flexibility index (Phi) is 10.1. The van der Waals surface area contributed by atoms with Gasteiger partial charge >= 0.3 is 0 Å². The maximum atomic E-state index is 12.6. The molecule has 2 heterocycles. The Morgan fingerprint density at radius 3 is 2.69 bits per heavy atom. The number of hydrogen-bond donors (Lipinski definition) is 2. The SMILES string of the molecule is CN=C(NCCCC(=O)N1CCc2ccccc2C1)NC1CCN(CC2CCCC2)C1.I. The Morgan fingerprint density at radius 2 is 1.91 bits per heavy atom. The molecule has 1 atom stereocenters. The van der Waals surface area contributed by atoms with E-state index in [-0.39, 0.29) is 29.9 Å². The second-order valence-corrected chi connectivity index (χ2v) is 9.48. The van der Waals surface area contributed by atoms with E-state index in [1.807, 2.05) is 11.9 Å². The van der Waals surface area contributed by atoms with Gasteiger partial charge in [0.2, 0.25) is 5.91 Å². The van der Waals surface area contributed by atoms with Crippen LogP contribution in [0.4, 0.5) is 0 Å². The molecule has 1 aromatic carbocycles. The van der Waals surface area contributed by atoms with Crippen molar-refractivity contribution in [1.29, 1.82) is 0 Å². The minimum absolute atomic E-state index is 0. The third-order valence-corrected chi connectivity index (χ3v) is 7.17. The van der Waals surface area contributed by atoms with Crippen molar-refractivity contribution in [2.24, 2.45) is 10.9 Å². The molecule has 7 heteroatoms. The smallest absolute Gasteiger partial charge is 0.222 e. The van der Waals surface area contributed by atoms with E-state index in [2.05, 4.69) is 44.8 Å². The number of amides is 1. The van der Waals surface area contributed by atoms with Crippen molar-refractivity contribution in [3.63, 3.8) is 0 Å². The summed E-state index contributed by atoms with van der Waals surface area (Å²) in [4.78, 5) is 21.6. The lowest BCUT2D eigenvalue weighted by Crippen LogP contribution is -2.45. The summed E-state index contributed by atoms with van der Waals surface area (Å²) in [5, 5.41) is 6.99. The summed E-state index contributed by atoms with van der Waals surface area (Å²) < 4.78 is 0. The van der Waals surface area contributed by atoms with E-state index in [4.69, 9.17) is 0 Å². The molecule has 1 saturated heterocycles. The lowest BCUT2D eigenvalue weighted by Gasteiger charge is -2.29. The zero-order chi connectivity index (χ0) is 21.5. The number of nitrogens with zero attached hydrogens (tertiary/aromatic N) is 3. The first-order chi connectivity index (χ1) is 15.2. The molecule has 0 spiro atoms. The number of aliphatic imine (C=N–C) groups is 1. The molecule has 1 amide bonds. The highest BCUT2D eigenvalue weighted by Gasteiger charge is 2.26. The largest absolute Gasteiger partial charge is 0.356 e. The minimum atomic E-state index is 0. The monoisotopic (exact) mass is 553 g/mol. The fourth-order valence-corrected chi connectivity index (χ4v) is 5.38. The standard InChI is InChI=1S/C25H39N5O.HI/c1-26-25(28-23-13-15-29(19-23)17-20-7-2-3-8-20)27-14-6-11-24(31)30-16-12-21-9-4-5-10-22(21)18-30;/h4-5,9-10,20,23H,2-3,6-8,11-19H2,1H3,(H2,26,27,28);1H. The minimum Gasteiger partial charge on any atom is -0.356 e. The molecule has 2 fully saturated rings. The van der Waals surface area contributed by atoms with E-state index in [0.717, 1.165) is 50.9 Å². The molecule has 1 aromatic rings. The summed E-state index contributed by atoms with van der Waals surface area (Å²) in [6, 6.07) is 8.94. The average Bonchev–Trinajstić information content (AvgIpc) is 3.47. The van der Waals surface area contributed by atoms with Crippen molar-refractivity contribution < 1.29 is 4.79 Å². The number of guanidine groups is 1. The molecule has 2 aliphatic heterocycles. The summed E-state index contributed by atoms with van der Waals surface area (Å²) in [7, 11) is 1.83. The van der Waals surface area contributed by atoms with Gasteiger partial charge in [-0.25, -0.2) is 0 Å². The molecule has 6 nitrogen and oxygen atoms in total. The van der Waals surface area contributed by atoms with Crippen LogP contribution in [0.25, 0.3) is 0 Å². The Balaban J connectivity index is 0.00000289. The van der Waals surface area contributed by atoms with Gasteiger partial charge in [-0.3, -0.25) is 9.79 Å². The van der Waals surface area contributed by atoms with Gasteiger partial charge in [0.05, 0.1) is 0 Å². The van der Waals surface area contributed by atoms with Crippen LogP contribution in [0.1, 0.15) is 56.1 Å². The zero-order valence-electron chi connectivity index (χ0n) is 19.5. The molecule has 0 radical (unpaired) electrons. The number of rotatable bonds is 7. The summed E-state index contributed by atoms with van der Waals surface area (Å²) in [6.07, 6.45) is 9.24. The number of carbonyl (C=O) groups is 1. The van der Waals surface area contributed by atoms with Crippen molar-refractivity contribution in [2.45, 2.75) is 64.0 Å². The Morgan fingerprint density at radius 1 is 1.12 bits per heavy atom. The van der Waals surface area contributed by atoms with Gasteiger partial charge in [-0.15, -0.1) is 24.0 Å². The van der Waals surface area contributed by atoms with E-state index in [9.17, 15) is 4.79 Å². The third kappa shape index (κ3) is 7.07. The van der Waals surface area contributed by atoms with Gasteiger partial charge in [-0.1, -0.05) is 37.1 Å². The van der Waals surface area contributed by atoms with E-state index >= 15 is 0 Å².